The molecule has 5 heteroatoms. The van der Waals surface area contributed by atoms with Crippen LogP contribution in [-0.4, -0.2) is 40.0 Å². The first-order valence-electron chi connectivity index (χ1n) is 5.79. The van der Waals surface area contributed by atoms with E-state index in [1.807, 2.05) is 0 Å². The van der Waals surface area contributed by atoms with Crippen LogP contribution in [0, 0.1) is 0 Å². The molecule has 1 aromatic rings. The number of aromatic nitrogens is 2. The van der Waals surface area contributed by atoms with E-state index in [1.165, 1.54) is 0 Å². The Kier molecular flexibility index (Phi) is 2.23. The molecule has 1 unspecified atom stereocenters. The molecule has 16 heavy (non-hydrogen) atoms. The van der Waals surface area contributed by atoms with Crippen LogP contribution in [-0.2, 0) is 0 Å². The van der Waals surface area contributed by atoms with Crippen molar-refractivity contribution in [2.24, 2.45) is 4.99 Å². The predicted molar refractivity (Wildman–Crippen MR) is 62.5 cm³/mol. The summed E-state index contributed by atoms with van der Waals surface area (Å²) < 4.78 is 0. The molecule has 3 rings (SSSR count). The zero-order chi connectivity index (χ0) is 11.0. The summed E-state index contributed by atoms with van der Waals surface area (Å²) in [7, 11) is 0. The van der Waals surface area contributed by atoms with Crippen LogP contribution >= 0.6 is 0 Å². The van der Waals surface area contributed by atoms with Gasteiger partial charge in [0.15, 0.2) is 11.7 Å². The Morgan fingerprint density at radius 1 is 1.44 bits per heavy atom. The Bertz CT molecular complexity index is 428. The van der Waals surface area contributed by atoms with Gasteiger partial charge in [-0.15, -0.1) is 0 Å². The lowest BCUT2D eigenvalue weighted by Crippen LogP contribution is -2.51. The second-order valence-corrected chi connectivity index (χ2v) is 4.07. The molecule has 1 aromatic heterocycles. The van der Waals surface area contributed by atoms with Gasteiger partial charge in [0, 0.05) is 25.5 Å². The molecule has 0 radical (unpaired) electrons. The zero-order valence-corrected chi connectivity index (χ0v) is 9.35. The van der Waals surface area contributed by atoms with Crippen LogP contribution in [0.4, 0.5) is 5.82 Å². The summed E-state index contributed by atoms with van der Waals surface area (Å²) in [6.07, 6.45) is 5.91. The number of fused-ring (bicyclic) bond motifs is 3. The summed E-state index contributed by atoms with van der Waals surface area (Å²) >= 11 is 0. The first-order valence-corrected chi connectivity index (χ1v) is 5.79. The van der Waals surface area contributed by atoms with Crippen LogP contribution in [0.5, 0.6) is 0 Å². The molecule has 2 aliphatic heterocycles. The van der Waals surface area contributed by atoms with Crippen LogP contribution in [0.2, 0.25) is 0 Å². The van der Waals surface area contributed by atoms with Crippen molar-refractivity contribution in [3.05, 3.63) is 18.1 Å². The van der Waals surface area contributed by atoms with Gasteiger partial charge >= 0.3 is 0 Å². The number of nitrogens with one attached hydrogen (secondary N) is 1. The summed E-state index contributed by atoms with van der Waals surface area (Å²) in [4.78, 5) is 15.6. The molecular weight excluding hydrogens is 202 g/mol. The average Bonchev–Trinajstić information content (AvgIpc) is 2.38. The van der Waals surface area contributed by atoms with E-state index in [-0.39, 0.29) is 0 Å². The van der Waals surface area contributed by atoms with E-state index in [2.05, 4.69) is 32.1 Å². The Morgan fingerprint density at radius 3 is 3.19 bits per heavy atom. The van der Waals surface area contributed by atoms with E-state index in [0.29, 0.717) is 6.17 Å². The standard InChI is InChI=1S/C11H15N5/c1-2-8-15-10-9(12-5-6-13-10)11-14-4-3-7-16(8)11/h5-6,8H,2-4,7H2,1H3,(H,13,15). The van der Waals surface area contributed by atoms with E-state index in [9.17, 15) is 0 Å². The van der Waals surface area contributed by atoms with Gasteiger partial charge in [-0.1, -0.05) is 6.92 Å². The lowest BCUT2D eigenvalue weighted by molar-refractivity contribution is 0.308. The molecule has 0 aliphatic carbocycles. The van der Waals surface area contributed by atoms with Gasteiger partial charge in [-0.2, -0.15) is 0 Å². The Hall–Kier alpha value is -1.65. The highest BCUT2D eigenvalue weighted by Crippen LogP contribution is 2.25. The summed E-state index contributed by atoms with van der Waals surface area (Å²) in [5.41, 5.74) is 0.895. The van der Waals surface area contributed by atoms with E-state index in [4.69, 9.17) is 0 Å². The Labute approximate surface area is 94.6 Å². The van der Waals surface area contributed by atoms with Gasteiger partial charge in [0.05, 0.1) is 0 Å². The number of aliphatic imine (C=N–C) groups is 1. The van der Waals surface area contributed by atoms with Crippen molar-refractivity contribution >= 4 is 11.7 Å². The SMILES string of the molecule is CCC1Nc2nccnc2C2=NCCCN21. The van der Waals surface area contributed by atoms with Crippen molar-refractivity contribution in [2.45, 2.75) is 25.9 Å². The van der Waals surface area contributed by atoms with Gasteiger partial charge in [-0.05, 0) is 12.8 Å². The minimum absolute atomic E-state index is 0.309. The molecule has 0 saturated heterocycles. The third-order valence-corrected chi connectivity index (χ3v) is 3.07. The number of anilines is 1. The Balaban J connectivity index is 2.09. The van der Waals surface area contributed by atoms with Gasteiger partial charge in [-0.25, -0.2) is 9.97 Å². The molecule has 3 heterocycles. The van der Waals surface area contributed by atoms with Gasteiger partial charge in [0.2, 0.25) is 0 Å². The quantitative estimate of drug-likeness (QED) is 0.765. The lowest BCUT2D eigenvalue weighted by Gasteiger charge is -2.40. The highest BCUT2D eigenvalue weighted by atomic mass is 15.4. The van der Waals surface area contributed by atoms with Crippen LogP contribution in [0.15, 0.2) is 17.4 Å². The van der Waals surface area contributed by atoms with Gasteiger partial charge in [0.25, 0.3) is 0 Å². The van der Waals surface area contributed by atoms with Crippen molar-refractivity contribution in [1.82, 2.24) is 14.9 Å². The van der Waals surface area contributed by atoms with Crippen LogP contribution in [0.3, 0.4) is 0 Å². The highest BCUT2D eigenvalue weighted by molar-refractivity contribution is 6.03. The zero-order valence-electron chi connectivity index (χ0n) is 9.35. The second kappa shape index (κ2) is 3.73. The maximum Gasteiger partial charge on any atom is 0.157 e. The summed E-state index contributed by atoms with van der Waals surface area (Å²) in [5, 5.41) is 3.42. The smallest absolute Gasteiger partial charge is 0.157 e. The number of rotatable bonds is 1. The van der Waals surface area contributed by atoms with Crippen LogP contribution in [0.1, 0.15) is 25.5 Å². The van der Waals surface area contributed by atoms with Gasteiger partial charge in [0.1, 0.15) is 11.9 Å². The summed E-state index contributed by atoms with van der Waals surface area (Å²) in [6.45, 7) is 4.13. The molecule has 0 bridgehead atoms. The average molecular weight is 217 g/mol. The Morgan fingerprint density at radius 2 is 2.31 bits per heavy atom. The third-order valence-electron chi connectivity index (χ3n) is 3.07. The normalized spacial score (nSPS) is 22.9. The molecule has 0 saturated carbocycles. The number of hydrogen-bond donors (Lipinski definition) is 1. The number of hydrogen-bond acceptors (Lipinski definition) is 5. The monoisotopic (exact) mass is 217 g/mol. The largest absolute Gasteiger partial charge is 0.348 e. The van der Waals surface area contributed by atoms with Crippen molar-refractivity contribution in [2.75, 3.05) is 18.4 Å². The molecule has 0 fully saturated rings. The number of nitrogens with zero attached hydrogens (tertiary/aromatic N) is 4. The fourth-order valence-corrected chi connectivity index (χ4v) is 2.30. The molecule has 1 N–H and O–H groups in total. The first-order chi connectivity index (χ1) is 7.90. The van der Waals surface area contributed by atoms with E-state index in [0.717, 1.165) is 43.3 Å². The van der Waals surface area contributed by atoms with Crippen LogP contribution in [0.25, 0.3) is 0 Å². The summed E-state index contributed by atoms with van der Waals surface area (Å²) in [5.74, 6) is 1.88. The predicted octanol–water partition coefficient (Wildman–Crippen LogP) is 1.09. The summed E-state index contributed by atoms with van der Waals surface area (Å²) in [6, 6.07) is 0. The topological polar surface area (TPSA) is 53.4 Å². The molecular formula is C11H15N5. The molecule has 5 nitrogen and oxygen atoms in total. The molecule has 0 aromatic carbocycles. The number of amidine groups is 1. The molecule has 84 valence electrons. The minimum atomic E-state index is 0.309. The lowest BCUT2D eigenvalue weighted by atomic mass is 10.1. The fraction of sp³-hybridized carbons (Fsp3) is 0.545. The molecule has 1 atom stereocenters. The van der Waals surface area contributed by atoms with E-state index >= 15 is 0 Å². The second-order valence-electron chi connectivity index (χ2n) is 4.07. The van der Waals surface area contributed by atoms with Crippen molar-refractivity contribution in [1.29, 1.82) is 0 Å². The van der Waals surface area contributed by atoms with Gasteiger partial charge < -0.3 is 10.2 Å². The van der Waals surface area contributed by atoms with E-state index < -0.39 is 0 Å². The molecule has 0 spiro atoms. The third kappa shape index (κ3) is 1.35. The van der Waals surface area contributed by atoms with Crippen molar-refractivity contribution < 1.29 is 0 Å². The first kappa shape index (κ1) is 9.57. The van der Waals surface area contributed by atoms with Crippen LogP contribution < -0.4 is 5.32 Å². The van der Waals surface area contributed by atoms with E-state index in [1.54, 1.807) is 12.4 Å². The van der Waals surface area contributed by atoms with Gasteiger partial charge in [-0.3, -0.25) is 4.99 Å². The van der Waals surface area contributed by atoms with Crippen molar-refractivity contribution in [3.8, 4) is 0 Å². The van der Waals surface area contributed by atoms with Crippen molar-refractivity contribution in [3.63, 3.8) is 0 Å². The maximum absolute atomic E-state index is 4.59. The maximum atomic E-state index is 4.59. The molecule has 0 amide bonds. The minimum Gasteiger partial charge on any atom is -0.348 e. The fourth-order valence-electron chi connectivity index (χ4n) is 2.30. The molecule has 2 aliphatic rings. The highest BCUT2D eigenvalue weighted by Gasteiger charge is 2.31.